The molecule has 4 nitrogen and oxygen atoms in total. The average molecular weight is 165 g/mol. The SMILES string of the molecule is COc1ncnc(C2CC2)c1N. The number of nitrogen functional groups attached to an aromatic ring is 1. The molecule has 0 saturated heterocycles. The second-order valence-electron chi connectivity index (χ2n) is 2.96. The minimum absolute atomic E-state index is 0.493. The Morgan fingerprint density at radius 1 is 1.50 bits per heavy atom. The first-order valence-corrected chi connectivity index (χ1v) is 3.97. The Hall–Kier alpha value is -1.32. The van der Waals surface area contributed by atoms with Crippen LogP contribution in [0.2, 0.25) is 0 Å². The van der Waals surface area contributed by atoms with Crippen molar-refractivity contribution < 1.29 is 4.74 Å². The molecule has 0 atom stereocenters. The predicted molar refractivity (Wildman–Crippen MR) is 45.0 cm³/mol. The third-order valence-electron chi connectivity index (χ3n) is 2.04. The van der Waals surface area contributed by atoms with Crippen molar-refractivity contribution in [3.05, 3.63) is 12.0 Å². The zero-order valence-corrected chi connectivity index (χ0v) is 6.95. The number of hydrogen-bond donors (Lipinski definition) is 1. The van der Waals surface area contributed by atoms with Gasteiger partial charge in [0.05, 0.1) is 12.8 Å². The quantitative estimate of drug-likeness (QED) is 0.708. The maximum absolute atomic E-state index is 5.78. The van der Waals surface area contributed by atoms with Gasteiger partial charge in [0, 0.05) is 5.92 Å². The normalized spacial score (nSPS) is 16.1. The molecule has 1 aliphatic rings. The van der Waals surface area contributed by atoms with Crippen LogP contribution in [0.3, 0.4) is 0 Å². The Morgan fingerprint density at radius 2 is 2.25 bits per heavy atom. The van der Waals surface area contributed by atoms with Gasteiger partial charge in [0.1, 0.15) is 12.0 Å². The van der Waals surface area contributed by atoms with E-state index < -0.39 is 0 Å². The number of nitrogens with zero attached hydrogens (tertiary/aromatic N) is 2. The Kier molecular flexibility index (Phi) is 1.60. The average Bonchev–Trinajstić information content (AvgIpc) is 2.88. The van der Waals surface area contributed by atoms with Crippen molar-refractivity contribution in [1.29, 1.82) is 0 Å². The van der Waals surface area contributed by atoms with Gasteiger partial charge in [-0.05, 0) is 12.8 Å². The summed E-state index contributed by atoms with van der Waals surface area (Å²) in [6.45, 7) is 0. The van der Waals surface area contributed by atoms with E-state index in [1.807, 2.05) is 0 Å². The molecule has 64 valence electrons. The Bertz CT molecular complexity index is 296. The molecule has 0 radical (unpaired) electrons. The van der Waals surface area contributed by atoms with Gasteiger partial charge in [-0.1, -0.05) is 0 Å². The van der Waals surface area contributed by atoms with Crippen LogP contribution in [0.5, 0.6) is 5.88 Å². The van der Waals surface area contributed by atoms with Gasteiger partial charge in [0.15, 0.2) is 0 Å². The summed E-state index contributed by atoms with van der Waals surface area (Å²) in [5.74, 6) is 1.04. The molecular formula is C8H11N3O. The highest BCUT2D eigenvalue weighted by Crippen LogP contribution is 2.42. The minimum atomic E-state index is 0.493. The zero-order chi connectivity index (χ0) is 8.55. The molecule has 1 aromatic heterocycles. The maximum Gasteiger partial charge on any atom is 0.240 e. The van der Waals surface area contributed by atoms with Crippen LogP contribution in [0.4, 0.5) is 5.69 Å². The van der Waals surface area contributed by atoms with Crippen LogP contribution >= 0.6 is 0 Å². The summed E-state index contributed by atoms with van der Waals surface area (Å²) >= 11 is 0. The van der Waals surface area contributed by atoms with E-state index in [2.05, 4.69) is 9.97 Å². The Labute approximate surface area is 70.8 Å². The number of ether oxygens (including phenoxy) is 1. The van der Waals surface area contributed by atoms with Gasteiger partial charge in [-0.3, -0.25) is 0 Å². The van der Waals surface area contributed by atoms with Crippen molar-refractivity contribution >= 4 is 5.69 Å². The van der Waals surface area contributed by atoms with E-state index in [1.165, 1.54) is 19.2 Å². The molecule has 2 N–H and O–H groups in total. The van der Waals surface area contributed by atoms with Crippen molar-refractivity contribution in [2.75, 3.05) is 12.8 Å². The highest BCUT2D eigenvalue weighted by atomic mass is 16.5. The fourth-order valence-corrected chi connectivity index (χ4v) is 1.24. The first-order valence-electron chi connectivity index (χ1n) is 3.97. The summed E-state index contributed by atoms with van der Waals surface area (Å²) in [6.07, 6.45) is 3.87. The smallest absolute Gasteiger partial charge is 0.240 e. The highest BCUT2D eigenvalue weighted by Gasteiger charge is 2.28. The molecule has 1 fully saturated rings. The van der Waals surface area contributed by atoms with Crippen LogP contribution in [-0.2, 0) is 0 Å². The lowest BCUT2D eigenvalue weighted by Gasteiger charge is -2.05. The van der Waals surface area contributed by atoms with E-state index in [1.54, 1.807) is 7.11 Å². The molecule has 0 aromatic carbocycles. The van der Waals surface area contributed by atoms with Gasteiger partial charge in [0.2, 0.25) is 5.88 Å². The summed E-state index contributed by atoms with van der Waals surface area (Å²) in [4.78, 5) is 8.04. The van der Waals surface area contributed by atoms with Crippen molar-refractivity contribution in [3.8, 4) is 5.88 Å². The molecule has 0 unspecified atom stereocenters. The molecule has 1 saturated carbocycles. The minimum Gasteiger partial charge on any atom is -0.479 e. The third-order valence-corrected chi connectivity index (χ3v) is 2.04. The summed E-state index contributed by atoms with van der Waals surface area (Å²) in [7, 11) is 1.56. The predicted octanol–water partition coefficient (Wildman–Crippen LogP) is 0.945. The molecule has 0 aliphatic heterocycles. The Morgan fingerprint density at radius 3 is 2.83 bits per heavy atom. The number of hydrogen-bond acceptors (Lipinski definition) is 4. The van der Waals surface area contributed by atoms with Crippen molar-refractivity contribution in [3.63, 3.8) is 0 Å². The topological polar surface area (TPSA) is 61.0 Å². The first kappa shape index (κ1) is 7.34. The fourth-order valence-electron chi connectivity index (χ4n) is 1.24. The number of rotatable bonds is 2. The summed E-state index contributed by atoms with van der Waals surface area (Å²) in [6, 6.07) is 0. The van der Waals surface area contributed by atoms with E-state index in [4.69, 9.17) is 10.5 Å². The van der Waals surface area contributed by atoms with Gasteiger partial charge < -0.3 is 10.5 Å². The van der Waals surface area contributed by atoms with Crippen LogP contribution in [0.15, 0.2) is 6.33 Å². The molecule has 0 bridgehead atoms. The highest BCUT2D eigenvalue weighted by molar-refractivity contribution is 5.53. The van der Waals surface area contributed by atoms with Crippen LogP contribution in [0.1, 0.15) is 24.5 Å². The molecule has 1 aromatic rings. The summed E-state index contributed by atoms with van der Waals surface area (Å²) in [5, 5.41) is 0. The van der Waals surface area contributed by atoms with Gasteiger partial charge in [-0.25, -0.2) is 4.98 Å². The Balaban J connectivity index is 2.40. The second-order valence-corrected chi connectivity index (χ2v) is 2.96. The van der Waals surface area contributed by atoms with Crippen LogP contribution in [0, 0.1) is 0 Å². The third kappa shape index (κ3) is 1.09. The lowest BCUT2D eigenvalue weighted by molar-refractivity contribution is 0.398. The molecule has 4 heteroatoms. The molecule has 2 rings (SSSR count). The number of nitrogens with two attached hydrogens (primary N) is 1. The molecular weight excluding hydrogens is 154 g/mol. The lowest BCUT2D eigenvalue weighted by Crippen LogP contribution is -2.01. The molecule has 12 heavy (non-hydrogen) atoms. The first-order chi connectivity index (χ1) is 5.83. The van der Waals surface area contributed by atoms with E-state index in [0.717, 1.165) is 5.69 Å². The van der Waals surface area contributed by atoms with Crippen LogP contribution in [0.25, 0.3) is 0 Å². The molecule has 0 spiro atoms. The number of anilines is 1. The molecule has 1 aliphatic carbocycles. The van der Waals surface area contributed by atoms with Crippen LogP contribution in [-0.4, -0.2) is 17.1 Å². The van der Waals surface area contributed by atoms with E-state index in [-0.39, 0.29) is 0 Å². The van der Waals surface area contributed by atoms with E-state index in [9.17, 15) is 0 Å². The second kappa shape index (κ2) is 2.62. The largest absolute Gasteiger partial charge is 0.479 e. The van der Waals surface area contributed by atoms with Crippen molar-refractivity contribution in [2.24, 2.45) is 0 Å². The van der Waals surface area contributed by atoms with Gasteiger partial charge >= 0.3 is 0 Å². The van der Waals surface area contributed by atoms with Crippen molar-refractivity contribution in [1.82, 2.24) is 9.97 Å². The molecule has 1 heterocycles. The zero-order valence-electron chi connectivity index (χ0n) is 6.95. The maximum atomic E-state index is 5.78. The van der Waals surface area contributed by atoms with Crippen molar-refractivity contribution in [2.45, 2.75) is 18.8 Å². The number of methoxy groups -OCH3 is 1. The molecule has 0 amide bonds. The lowest BCUT2D eigenvalue weighted by atomic mass is 10.2. The fraction of sp³-hybridized carbons (Fsp3) is 0.500. The van der Waals surface area contributed by atoms with Gasteiger partial charge in [-0.15, -0.1) is 0 Å². The summed E-state index contributed by atoms with van der Waals surface area (Å²) < 4.78 is 4.99. The monoisotopic (exact) mass is 165 g/mol. The standard InChI is InChI=1S/C8H11N3O/c1-12-8-6(9)7(5-2-3-5)10-4-11-8/h4-5H,2-3,9H2,1H3. The van der Waals surface area contributed by atoms with Gasteiger partial charge in [0.25, 0.3) is 0 Å². The number of aromatic nitrogens is 2. The summed E-state index contributed by atoms with van der Waals surface area (Å²) in [5.41, 5.74) is 7.33. The van der Waals surface area contributed by atoms with E-state index in [0.29, 0.717) is 17.5 Å². The van der Waals surface area contributed by atoms with Crippen LogP contribution < -0.4 is 10.5 Å². The van der Waals surface area contributed by atoms with Gasteiger partial charge in [-0.2, -0.15) is 4.98 Å². The van der Waals surface area contributed by atoms with E-state index >= 15 is 0 Å².